The van der Waals surface area contributed by atoms with Crippen LogP contribution in [0.4, 0.5) is 10.1 Å². The van der Waals surface area contributed by atoms with Crippen LogP contribution in [0.25, 0.3) is 28.0 Å². The standard InChI is InChI=1S/C33H32Cl3FN6O3/c1-7-22(44)41-10-12-42(13-11-41)30-19-14-21(34)27(23-18(5)24(35)26(37)25(36)31(23)45)39-32(19)43(33(46)20(30)15-38)29-17(4)8-9-40(6)28(29)16(2)3/h7-9,14,16,28,45H,1,10-13H2,2-6H3/t28-/m1/s1. The predicted octanol–water partition coefficient (Wildman–Crippen LogP) is 6.60. The fourth-order valence-electron chi connectivity index (χ4n) is 6.36. The van der Waals surface area contributed by atoms with Crippen molar-refractivity contribution in [1.82, 2.24) is 19.4 Å². The highest BCUT2D eigenvalue weighted by atomic mass is 35.5. The molecule has 1 amide bonds. The highest BCUT2D eigenvalue weighted by Crippen LogP contribution is 2.46. The number of halogens is 4. The number of carbonyl (C=O) groups excluding carboxylic acids is 1. The summed E-state index contributed by atoms with van der Waals surface area (Å²) in [6.45, 7) is 12.4. The van der Waals surface area contributed by atoms with Crippen LogP contribution in [-0.4, -0.2) is 69.6 Å². The zero-order valence-corrected chi connectivity index (χ0v) is 28.2. The molecule has 2 aliphatic heterocycles. The Morgan fingerprint density at radius 1 is 1.20 bits per heavy atom. The SMILES string of the molecule is C=CC(=O)N1CCN(c2c(C#N)c(=O)n(C3=C(C)C=CN(C)[C@@H]3C(C)C)c3nc(-c4c(C)c(Cl)c(F)c(Cl)c4O)c(Cl)cc23)CC1. The van der Waals surface area contributed by atoms with Crippen molar-refractivity contribution in [3.63, 3.8) is 0 Å². The van der Waals surface area contributed by atoms with E-state index in [1.54, 1.807) is 11.0 Å². The van der Waals surface area contributed by atoms with Gasteiger partial charge in [0.05, 0.1) is 33.2 Å². The van der Waals surface area contributed by atoms with E-state index in [2.05, 4.69) is 12.6 Å². The molecule has 0 aliphatic carbocycles. The van der Waals surface area contributed by atoms with Crippen LogP contribution in [0.2, 0.25) is 15.1 Å². The number of piperazine rings is 1. The van der Waals surface area contributed by atoms with E-state index in [-0.39, 0.29) is 55.9 Å². The summed E-state index contributed by atoms with van der Waals surface area (Å²) in [6, 6.07) is 3.45. The molecule has 1 aromatic carbocycles. The zero-order valence-electron chi connectivity index (χ0n) is 26.0. The lowest BCUT2D eigenvalue weighted by molar-refractivity contribution is -0.126. The molecule has 0 radical (unpaired) electrons. The second-order valence-electron chi connectivity index (χ2n) is 11.7. The van der Waals surface area contributed by atoms with Crippen molar-refractivity contribution >= 4 is 63.1 Å². The van der Waals surface area contributed by atoms with Gasteiger partial charge in [0.1, 0.15) is 28.1 Å². The Morgan fingerprint density at radius 2 is 1.85 bits per heavy atom. The summed E-state index contributed by atoms with van der Waals surface area (Å²) in [5.41, 5.74) is 1.41. The Morgan fingerprint density at radius 3 is 2.43 bits per heavy atom. The molecule has 46 heavy (non-hydrogen) atoms. The number of benzene rings is 1. The molecule has 1 N–H and O–H groups in total. The number of likely N-dealkylation sites (N-methyl/N-ethyl adjacent to an activating group) is 1. The number of aromatic nitrogens is 2. The van der Waals surface area contributed by atoms with Gasteiger partial charge in [-0.25, -0.2) is 9.37 Å². The summed E-state index contributed by atoms with van der Waals surface area (Å²) in [5.74, 6) is -1.76. The van der Waals surface area contributed by atoms with Gasteiger partial charge in [-0.1, -0.05) is 55.2 Å². The lowest BCUT2D eigenvalue weighted by atomic mass is 9.93. The number of hydrogen-bond donors (Lipinski definition) is 1. The third kappa shape index (κ3) is 5.30. The molecule has 5 rings (SSSR count). The third-order valence-corrected chi connectivity index (χ3v) is 9.68. The van der Waals surface area contributed by atoms with Gasteiger partial charge in [0.15, 0.2) is 5.82 Å². The van der Waals surface area contributed by atoms with Crippen molar-refractivity contribution in [2.24, 2.45) is 5.92 Å². The lowest BCUT2D eigenvalue weighted by Gasteiger charge is -2.38. The van der Waals surface area contributed by atoms with Gasteiger partial charge in [0.2, 0.25) is 5.91 Å². The van der Waals surface area contributed by atoms with Gasteiger partial charge in [0.25, 0.3) is 5.56 Å². The summed E-state index contributed by atoms with van der Waals surface area (Å²) in [6.07, 6.45) is 5.06. The average molecular weight is 686 g/mol. The van der Waals surface area contributed by atoms with Crippen molar-refractivity contribution in [2.45, 2.75) is 33.7 Å². The predicted molar refractivity (Wildman–Crippen MR) is 181 cm³/mol. The summed E-state index contributed by atoms with van der Waals surface area (Å²) < 4.78 is 16.1. The Bertz CT molecular complexity index is 1940. The number of phenolic OH excluding ortho intramolecular Hbond substituents is 1. The minimum Gasteiger partial charge on any atom is -0.506 e. The molecular formula is C33H32Cl3FN6O3. The van der Waals surface area contributed by atoms with Crippen LogP contribution in [0.5, 0.6) is 5.75 Å². The number of carbonyl (C=O) groups is 1. The maximum Gasteiger partial charge on any atom is 0.276 e. The Hall–Kier alpha value is -4.04. The van der Waals surface area contributed by atoms with E-state index in [0.29, 0.717) is 42.9 Å². The van der Waals surface area contributed by atoms with Gasteiger partial charge in [-0.05, 0) is 55.3 Å². The van der Waals surface area contributed by atoms with Gasteiger partial charge >= 0.3 is 0 Å². The number of nitriles is 1. The van der Waals surface area contributed by atoms with Crippen LogP contribution >= 0.6 is 34.8 Å². The monoisotopic (exact) mass is 684 g/mol. The number of fused-ring (bicyclic) bond motifs is 1. The Kier molecular flexibility index (Phi) is 9.15. The van der Waals surface area contributed by atoms with Crippen molar-refractivity contribution in [3.05, 3.63) is 78.9 Å². The molecule has 2 aromatic heterocycles. The van der Waals surface area contributed by atoms with Gasteiger partial charge in [-0.15, -0.1) is 0 Å². The van der Waals surface area contributed by atoms with Crippen LogP contribution in [0, 0.1) is 30.0 Å². The summed E-state index contributed by atoms with van der Waals surface area (Å²) >= 11 is 19.3. The zero-order chi connectivity index (χ0) is 33.8. The Balaban J connectivity index is 1.91. The molecule has 13 heteroatoms. The largest absolute Gasteiger partial charge is 0.506 e. The first-order chi connectivity index (χ1) is 21.7. The first-order valence-corrected chi connectivity index (χ1v) is 15.7. The van der Waals surface area contributed by atoms with Crippen LogP contribution in [0.1, 0.15) is 31.9 Å². The topological polar surface area (TPSA) is 106 Å². The lowest BCUT2D eigenvalue weighted by Crippen LogP contribution is -2.49. The number of aromatic hydroxyl groups is 1. The van der Waals surface area contributed by atoms with Gasteiger partial charge in [-0.2, -0.15) is 5.26 Å². The highest BCUT2D eigenvalue weighted by Gasteiger charge is 2.34. The first kappa shape index (κ1) is 33.3. The number of hydrogen-bond acceptors (Lipinski definition) is 7. The third-order valence-electron chi connectivity index (χ3n) is 8.60. The average Bonchev–Trinajstić information content (AvgIpc) is 3.03. The van der Waals surface area contributed by atoms with Crippen LogP contribution < -0.4 is 10.5 Å². The number of pyridine rings is 2. The Labute approximate surface area is 281 Å². The number of rotatable bonds is 5. The van der Waals surface area contributed by atoms with Crippen LogP contribution in [0.15, 0.2) is 41.4 Å². The van der Waals surface area contributed by atoms with Crippen molar-refractivity contribution in [1.29, 1.82) is 5.26 Å². The molecule has 0 unspecified atom stereocenters. The number of anilines is 1. The molecule has 9 nitrogen and oxygen atoms in total. The normalized spacial score (nSPS) is 16.9. The molecule has 2 aliphatic rings. The number of amides is 1. The molecule has 1 atom stereocenters. The first-order valence-electron chi connectivity index (χ1n) is 14.6. The quantitative estimate of drug-likeness (QED) is 0.238. The molecule has 0 spiro atoms. The second kappa shape index (κ2) is 12.6. The number of nitrogens with zero attached hydrogens (tertiary/aromatic N) is 6. The van der Waals surface area contributed by atoms with Crippen LogP contribution in [-0.2, 0) is 4.79 Å². The maximum absolute atomic E-state index is 14.7. The molecule has 1 saturated heterocycles. The van der Waals surface area contributed by atoms with E-state index in [4.69, 9.17) is 39.8 Å². The maximum atomic E-state index is 14.7. The molecule has 3 aromatic rings. The van der Waals surface area contributed by atoms with Crippen molar-refractivity contribution < 1.29 is 14.3 Å². The molecule has 1 fully saturated rings. The van der Waals surface area contributed by atoms with Gasteiger partial charge in [-0.3, -0.25) is 14.2 Å². The minimum atomic E-state index is -0.983. The number of allylic oxidation sites excluding steroid dienone is 2. The molecule has 4 heterocycles. The second-order valence-corrected chi connectivity index (χ2v) is 12.9. The summed E-state index contributed by atoms with van der Waals surface area (Å²) in [5, 5.41) is 21.1. The van der Waals surface area contributed by atoms with E-state index in [0.717, 1.165) is 5.57 Å². The smallest absolute Gasteiger partial charge is 0.276 e. The molecule has 0 bridgehead atoms. The number of phenols is 1. The van der Waals surface area contributed by atoms with E-state index >= 15 is 0 Å². The van der Waals surface area contributed by atoms with E-state index in [1.165, 1.54) is 17.6 Å². The molecule has 0 saturated carbocycles. The fraction of sp³-hybridized carbons (Fsp3) is 0.333. The fourth-order valence-corrected chi connectivity index (χ4v) is 7.03. The molecule has 240 valence electrons. The van der Waals surface area contributed by atoms with Crippen molar-refractivity contribution in [3.8, 4) is 23.1 Å². The summed E-state index contributed by atoms with van der Waals surface area (Å²) in [7, 11) is 1.91. The van der Waals surface area contributed by atoms with Gasteiger partial charge in [0, 0.05) is 44.2 Å². The van der Waals surface area contributed by atoms with E-state index in [1.807, 2.05) is 49.9 Å². The van der Waals surface area contributed by atoms with Crippen LogP contribution in [0.3, 0.4) is 0 Å². The summed E-state index contributed by atoms with van der Waals surface area (Å²) in [4.78, 5) is 37.3. The minimum absolute atomic E-state index is 0.0107. The highest BCUT2D eigenvalue weighted by molar-refractivity contribution is 6.38. The van der Waals surface area contributed by atoms with Crippen molar-refractivity contribution in [2.75, 3.05) is 38.1 Å². The van der Waals surface area contributed by atoms with E-state index < -0.39 is 22.1 Å². The molecular weight excluding hydrogens is 654 g/mol. The van der Waals surface area contributed by atoms with Gasteiger partial charge < -0.3 is 19.8 Å². The van der Waals surface area contributed by atoms with E-state index in [9.17, 15) is 24.3 Å².